The summed E-state index contributed by atoms with van der Waals surface area (Å²) >= 11 is 9.77. The number of hydrogen-bond donors (Lipinski definition) is 0. The van der Waals surface area contributed by atoms with Gasteiger partial charge in [-0.1, -0.05) is 17.7 Å². The molecule has 0 saturated heterocycles. The summed E-state index contributed by atoms with van der Waals surface area (Å²) in [6.45, 7) is 5.91. The highest BCUT2D eigenvalue weighted by molar-refractivity contribution is 9.10. The zero-order chi connectivity index (χ0) is 26.1. The van der Waals surface area contributed by atoms with Crippen molar-refractivity contribution in [2.24, 2.45) is 0 Å². The van der Waals surface area contributed by atoms with Crippen LogP contribution in [0, 0.1) is 0 Å². The first-order valence-corrected chi connectivity index (χ1v) is 12.8. The number of halogens is 2. The fourth-order valence-corrected chi connectivity index (χ4v) is 4.60. The minimum Gasteiger partial charge on any atom is -0.496 e. The number of esters is 1. The maximum atomic E-state index is 12.7. The van der Waals surface area contributed by atoms with Crippen LogP contribution in [0.1, 0.15) is 40.0 Å². The third-order valence-electron chi connectivity index (χ3n) is 5.88. The van der Waals surface area contributed by atoms with Crippen molar-refractivity contribution in [3.63, 3.8) is 0 Å². The molecule has 4 rings (SSSR count). The molecule has 9 heteroatoms. The number of ether oxygens (including phenoxy) is 4. The van der Waals surface area contributed by atoms with Gasteiger partial charge in [0.2, 0.25) is 0 Å². The van der Waals surface area contributed by atoms with Crippen molar-refractivity contribution in [1.82, 2.24) is 0 Å². The second-order valence-electron chi connectivity index (χ2n) is 9.62. The Morgan fingerprint density at radius 1 is 1.14 bits per heavy atom. The Kier molecular flexibility index (Phi) is 7.69. The van der Waals surface area contributed by atoms with Crippen LogP contribution in [-0.4, -0.2) is 37.5 Å². The van der Waals surface area contributed by atoms with Crippen LogP contribution in [0.15, 0.2) is 50.1 Å². The molecule has 0 aliphatic heterocycles. The molecule has 3 aromatic rings. The van der Waals surface area contributed by atoms with Crippen LogP contribution in [-0.2, 0) is 14.3 Å². The van der Waals surface area contributed by atoms with Gasteiger partial charge in [0.25, 0.3) is 0 Å². The number of carbonyl (C=O) groups excluding carboxylic acids is 1. The van der Waals surface area contributed by atoms with E-state index in [1.54, 1.807) is 30.3 Å². The second-order valence-corrected chi connectivity index (χ2v) is 10.9. The van der Waals surface area contributed by atoms with E-state index in [1.807, 2.05) is 20.8 Å². The van der Waals surface area contributed by atoms with Gasteiger partial charge in [-0.15, -0.1) is 0 Å². The topological polar surface area (TPSA) is 84.2 Å². The van der Waals surface area contributed by atoms with Crippen LogP contribution in [0.25, 0.3) is 22.3 Å². The molecule has 0 amide bonds. The highest BCUT2D eigenvalue weighted by atomic mass is 79.9. The second kappa shape index (κ2) is 10.4. The molecule has 0 unspecified atom stereocenters. The van der Waals surface area contributed by atoms with E-state index in [2.05, 4.69) is 15.9 Å². The average Bonchev–Trinajstić information content (AvgIpc) is 2.78. The molecular weight excluding hydrogens is 552 g/mol. The summed E-state index contributed by atoms with van der Waals surface area (Å²) in [5, 5.41) is 0.733. The van der Waals surface area contributed by atoms with Gasteiger partial charge >= 0.3 is 5.97 Å². The van der Waals surface area contributed by atoms with E-state index in [1.165, 1.54) is 13.2 Å². The van der Waals surface area contributed by atoms with Crippen LogP contribution in [0.5, 0.6) is 11.5 Å². The molecule has 1 aliphatic rings. The number of carbonyl (C=O) groups is 1. The van der Waals surface area contributed by atoms with Crippen molar-refractivity contribution in [3.05, 3.63) is 56.1 Å². The van der Waals surface area contributed by atoms with Gasteiger partial charge in [-0.2, -0.15) is 0 Å². The lowest BCUT2D eigenvalue weighted by Crippen LogP contribution is -2.51. The Balaban J connectivity index is 1.53. The highest BCUT2D eigenvalue weighted by Crippen LogP contribution is 2.40. The summed E-state index contributed by atoms with van der Waals surface area (Å²) in [5.41, 5.74) is -0.878. The number of hydrogen-bond acceptors (Lipinski definition) is 7. The molecular formula is C27H28BrClO7. The van der Waals surface area contributed by atoms with Gasteiger partial charge in [0.1, 0.15) is 29.5 Å². The normalized spacial score (nSPS) is 14.8. The van der Waals surface area contributed by atoms with Crippen LogP contribution in [0.2, 0.25) is 5.02 Å². The van der Waals surface area contributed by atoms with Gasteiger partial charge in [0.05, 0.1) is 34.2 Å². The van der Waals surface area contributed by atoms with Crippen molar-refractivity contribution in [1.29, 1.82) is 0 Å². The van der Waals surface area contributed by atoms with E-state index < -0.39 is 11.2 Å². The van der Waals surface area contributed by atoms with Gasteiger partial charge in [-0.3, -0.25) is 4.79 Å². The fraction of sp³-hybridized carbons (Fsp3) is 0.407. The summed E-state index contributed by atoms with van der Waals surface area (Å²) < 4.78 is 29.6. The van der Waals surface area contributed by atoms with E-state index >= 15 is 0 Å². The SMILES string of the molecule is COc1cc(Br)c(OCCOC2(C(=O)OC(C)(C)C)CCC2)cc1-c1cc(=O)c2cccc(Cl)c2o1. The lowest BCUT2D eigenvalue weighted by molar-refractivity contribution is -0.197. The third kappa shape index (κ3) is 5.56. The molecule has 0 bridgehead atoms. The van der Waals surface area contributed by atoms with Gasteiger partial charge < -0.3 is 23.4 Å². The fourth-order valence-electron chi connectivity index (χ4n) is 3.95. The number of fused-ring (bicyclic) bond motifs is 1. The Morgan fingerprint density at radius 2 is 1.89 bits per heavy atom. The predicted octanol–water partition coefficient (Wildman–Crippen LogP) is 6.54. The first-order valence-electron chi connectivity index (χ1n) is 11.6. The highest BCUT2D eigenvalue weighted by Gasteiger charge is 2.48. The summed E-state index contributed by atoms with van der Waals surface area (Å²) in [4.78, 5) is 25.3. The van der Waals surface area contributed by atoms with Crippen LogP contribution in [0.3, 0.4) is 0 Å². The molecule has 36 heavy (non-hydrogen) atoms. The zero-order valence-electron chi connectivity index (χ0n) is 20.6. The third-order valence-corrected chi connectivity index (χ3v) is 6.79. The van der Waals surface area contributed by atoms with E-state index in [0.717, 1.165) is 6.42 Å². The Bertz CT molecular complexity index is 1340. The monoisotopic (exact) mass is 578 g/mol. The molecule has 7 nitrogen and oxygen atoms in total. The van der Waals surface area contributed by atoms with E-state index in [9.17, 15) is 9.59 Å². The Hall–Kier alpha value is -2.55. The molecule has 2 aromatic carbocycles. The van der Waals surface area contributed by atoms with Crippen molar-refractivity contribution < 1.29 is 28.2 Å². The summed E-state index contributed by atoms with van der Waals surface area (Å²) in [7, 11) is 1.53. The van der Waals surface area contributed by atoms with Crippen molar-refractivity contribution in [2.45, 2.75) is 51.2 Å². The molecule has 0 radical (unpaired) electrons. The summed E-state index contributed by atoms with van der Waals surface area (Å²) in [6.07, 6.45) is 2.16. The maximum absolute atomic E-state index is 12.7. The van der Waals surface area contributed by atoms with Crippen molar-refractivity contribution in [2.75, 3.05) is 20.3 Å². The molecule has 1 fully saturated rings. The van der Waals surface area contributed by atoms with E-state index in [-0.39, 0.29) is 24.6 Å². The van der Waals surface area contributed by atoms with Gasteiger partial charge in [0.15, 0.2) is 16.6 Å². The minimum absolute atomic E-state index is 0.197. The smallest absolute Gasteiger partial charge is 0.338 e. The number of para-hydroxylation sites is 1. The lowest BCUT2D eigenvalue weighted by Gasteiger charge is -2.40. The van der Waals surface area contributed by atoms with Gasteiger partial charge in [-0.25, -0.2) is 4.79 Å². The molecule has 0 spiro atoms. The molecule has 0 atom stereocenters. The van der Waals surface area contributed by atoms with Crippen LogP contribution < -0.4 is 14.9 Å². The summed E-state index contributed by atoms with van der Waals surface area (Å²) in [6, 6.07) is 9.88. The standard InChI is InChI=1S/C27H28BrClO7/c1-26(2,3)36-25(31)27(9-6-10-27)34-12-11-33-23-13-17(21(32-4)14-18(23)28)22-15-20(30)16-7-5-8-19(29)24(16)35-22/h5,7-8,13-15H,6,9-12H2,1-4H3. The van der Waals surface area contributed by atoms with Crippen LogP contribution in [0.4, 0.5) is 0 Å². The van der Waals surface area contributed by atoms with Crippen molar-refractivity contribution >= 4 is 44.5 Å². The number of rotatable bonds is 8. The molecule has 0 N–H and O–H groups in total. The van der Waals surface area contributed by atoms with E-state index in [0.29, 0.717) is 56.1 Å². The molecule has 192 valence electrons. The lowest BCUT2D eigenvalue weighted by atomic mass is 9.80. The zero-order valence-corrected chi connectivity index (χ0v) is 23.0. The number of benzene rings is 2. The predicted molar refractivity (Wildman–Crippen MR) is 141 cm³/mol. The Morgan fingerprint density at radius 3 is 2.53 bits per heavy atom. The van der Waals surface area contributed by atoms with Crippen molar-refractivity contribution in [3.8, 4) is 22.8 Å². The minimum atomic E-state index is -0.910. The molecule has 1 saturated carbocycles. The molecule has 1 heterocycles. The first-order chi connectivity index (χ1) is 17.0. The maximum Gasteiger partial charge on any atom is 0.338 e. The largest absolute Gasteiger partial charge is 0.496 e. The first kappa shape index (κ1) is 26.5. The average molecular weight is 580 g/mol. The quantitative estimate of drug-likeness (QED) is 0.221. The number of methoxy groups -OCH3 is 1. The van der Waals surface area contributed by atoms with Gasteiger partial charge in [0, 0.05) is 6.07 Å². The van der Waals surface area contributed by atoms with E-state index in [4.69, 9.17) is 35.0 Å². The van der Waals surface area contributed by atoms with Gasteiger partial charge in [-0.05, 0) is 80.2 Å². The Labute approximate surface area is 222 Å². The summed E-state index contributed by atoms with van der Waals surface area (Å²) in [5.74, 6) is 0.943. The molecule has 1 aromatic heterocycles. The molecule has 1 aliphatic carbocycles. The van der Waals surface area contributed by atoms with Crippen LogP contribution >= 0.6 is 27.5 Å².